The lowest BCUT2D eigenvalue weighted by molar-refractivity contribution is -0.149. The molecule has 1 aliphatic carbocycles. The minimum Gasteiger partial charge on any atom is -0.467 e. The molecule has 0 heterocycles. The number of aliphatic hydroxyl groups excluding tert-OH is 2. The number of ether oxygens (including phenoxy) is 1. The zero-order valence-corrected chi connectivity index (χ0v) is 12.2. The van der Waals surface area contributed by atoms with Gasteiger partial charge in [0.2, 0.25) is 0 Å². The molecule has 0 bridgehead atoms. The van der Waals surface area contributed by atoms with Crippen LogP contribution in [0.3, 0.4) is 0 Å². The molecule has 0 spiro atoms. The molecule has 1 rings (SSSR count). The molecule has 4 nitrogen and oxygen atoms in total. The largest absolute Gasteiger partial charge is 0.467 e. The molecule has 18 heavy (non-hydrogen) atoms. The van der Waals surface area contributed by atoms with Crippen molar-refractivity contribution >= 4 is 5.97 Å². The third-order valence-electron chi connectivity index (χ3n) is 3.53. The molecule has 1 aliphatic rings. The van der Waals surface area contributed by atoms with Crippen LogP contribution in [0.15, 0.2) is 0 Å². The van der Waals surface area contributed by atoms with Crippen molar-refractivity contribution in [2.24, 2.45) is 17.8 Å². The van der Waals surface area contributed by atoms with Crippen molar-refractivity contribution in [1.29, 1.82) is 0 Å². The second-order valence-corrected chi connectivity index (χ2v) is 5.59. The number of methoxy groups -OCH3 is 1. The van der Waals surface area contributed by atoms with Gasteiger partial charge in [-0.15, -0.1) is 0 Å². The highest BCUT2D eigenvalue weighted by atomic mass is 16.5. The third kappa shape index (κ3) is 6.36. The number of carbonyl (C=O) groups excluding carboxylic acids is 1. The predicted molar refractivity (Wildman–Crippen MR) is 71.0 cm³/mol. The van der Waals surface area contributed by atoms with Gasteiger partial charge in [-0.1, -0.05) is 27.2 Å². The first-order valence-corrected chi connectivity index (χ1v) is 6.73. The third-order valence-corrected chi connectivity index (χ3v) is 3.53. The van der Waals surface area contributed by atoms with Crippen LogP contribution in [0.4, 0.5) is 0 Å². The summed E-state index contributed by atoms with van der Waals surface area (Å²) in [4.78, 5) is 10.0. The topological polar surface area (TPSA) is 66.8 Å². The van der Waals surface area contributed by atoms with Gasteiger partial charge in [-0.2, -0.15) is 0 Å². The van der Waals surface area contributed by atoms with Crippen molar-refractivity contribution in [3.8, 4) is 0 Å². The average molecular weight is 260 g/mol. The Morgan fingerprint density at radius 3 is 2.11 bits per heavy atom. The minimum absolute atomic E-state index is 0.0289. The molecule has 0 amide bonds. The average Bonchev–Trinajstić information content (AvgIpc) is 2.27. The summed E-state index contributed by atoms with van der Waals surface area (Å²) in [6, 6.07) is 0. The van der Waals surface area contributed by atoms with Gasteiger partial charge in [-0.3, -0.25) is 0 Å². The van der Waals surface area contributed by atoms with Crippen molar-refractivity contribution in [2.75, 3.05) is 7.11 Å². The van der Waals surface area contributed by atoms with Gasteiger partial charge in [0.05, 0.1) is 13.2 Å². The van der Waals surface area contributed by atoms with Gasteiger partial charge in [-0.25, -0.2) is 4.79 Å². The number of aliphatic hydroxyl groups is 2. The molecule has 2 N–H and O–H groups in total. The van der Waals surface area contributed by atoms with Crippen molar-refractivity contribution in [1.82, 2.24) is 0 Å². The van der Waals surface area contributed by atoms with Crippen molar-refractivity contribution < 1.29 is 19.7 Å². The molecule has 1 fully saturated rings. The first-order valence-electron chi connectivity index (χ1n) is 6.73. The molecule has 0 aromatic rings. The van der Waals surface area contributed by atoms with Gasteiger partial charge in [0.25, 0.3) is 0 Å². The van der Waals surface area contributed by atoms with Crippen LogP contribution in [-0.4, -0.2) is 35.5 Å². The monoisotopic (exact) mass is 260 g/mol. The Morgan fingerprint density at radius 2 is 1.83 bits per heavy atom. The Hall–Kier alpha value is -0.610. The number of esters is 1. The summed E-state index contributed by atoms with van der Waals surface area (Å²) in [5.41, 5.74) is 0. The Kier molecular flexibility index (Phi) is 8.20. The maximum absolute atomic E-state index is 10.0. The molecule has 1 unspecified atom stereocenters. The lowest BCUT2D eigenvalue weighted by Gasteiger charge is -2.33. The molecule has 0 radical (unpaired) electrons. The molecular weight excluding hydrogens is 232 g/mol. The van der Waals surface area contributed by atoms with E-state index in [2.05, 4.69) is 25.5 Å². The van der Waals surface area contributed by atoms with Crippen LogP contribution in [0.1, 0.15) is 47.0 Å². The van der Waals surface area contributed by atoms with Gasteiger partial charge in [0.15, 0.2) is 0 Å². The molecule has 108 valence electrons. The number of hydrogen-bond acceptors (Lipinski definition) is 4. The molecule has 1 saturated carbocycles. The van der Waals surface area contributed by atoms with Crippen LogP contribution in [0.5, 0.6) is 0 Å². The maximum atomic E-state index is 10.0. The zero-order chi connectivity index (χ0) is 14.3. The summed E-state index contributed by atoms with van der Waals surface area (Å²) < 4.78 is 4.12. The Balaban J connectivity index is 0.000000360. The van der Waals surface area contributed by atoms with E-state index in [9.17, 15) is 9.90 Å². The second-order valence-electron chi connectivity index (χ2n) is 5.59. The molecule has 0 aromatic carbocycles. The Bertz CT molecular complexity index is 238. The van der Waals surface area contributed by atoms with E-state index in [0.717, 1.165) is 12.3 Å². The van der Waals surface area contributed by atoms with Crippen LogP contribution in [0.25, 0.3) is 0 Å². The van der Waals surface area contributed by atoms with E-state index >= 15 is 0 Å². The summed E-state index contributed by atoms with van der Waals surface area (Å²) in [6.07, 6.45) is 2.52. The Labute approximate surface area is 110 Å². The van der Waals surface area contributed by atoms with E-state index in [1.54, 1.807) is 0 Å². The fourth-order valence-electron chi connectivity index (χ4n) is 2.32. The minimum atomic E-state index is -0.995. The van der Waals surface area contributed by atoms with Crippen LogP contribution < -0.4 is 0 Å². The van der Waals surface area contributed by atoms with E-state index in [1.807, 2.05) is 0 Å². The zero-order valence-electron chi connectivity index (χ0n) is 12.2. The maximum Gasteiger partial charge on any atom is 0.334 e. The van der Waals surface area contributed by atoms with E-state index in [4.69, 9.17) is 5.11 Å². The summed E-state index contributed by atoms with van der Waals surface area (Å²) >= 11 is 0. The van der Waals surface area contributed by atoms with Crippen LogP contribution in [-0.2, 0) is 9.53 Å². The molecule has 0 aromatic heterocycles. The van der Waals surface area contributed by atoms with E-state index < -0.39 is 12.1 Å². The van der Waals surface area contributed by atoms with Crippen LogP contribution >= 0.6 is 0 Å². The van der Waals surface area contributed by atoms with E-state index in [-0.39, 0.29) is 6.10 Å². The fourth-order valence-corrected chi connectivity index (χ4v) is 2.32. The first kappa shape index (κ1) is 17.4. The van der Waals surface area contributed by atoms with Gasteiger partial charge in [0.1, 0.15) is 6.10 Å². The fraction of sp³-hybridized carbons (Fsp3) is 0.929. The lowest BCUT2D eigenvalue weighted by Crippen LogP contribution is -2.31. The van der Waals surface area contributed by atoms with Gasteiger partial charge in [-0.05, 0) is 37.5 Å². The highest BCUT2D eigenvalue weighted by Crippen LogP contribution is 2.33. The highest BCUT2D eigenvalue weighted by Gasteiger charge is 2.28. The van der Waals surface area contributed by atoms with E-state index in [0.29, 0.717) is 11.8 Å². The van der Waals surface area contributed by atoms with Crippen LogP contribution in [0, 0.1) is 17.8 Å². The first-order chi connectivity index (χ1) is 8.29. The van der Waals surface area contributed by atoms with Gasteiger partial charge >= 0.3 is 5.97 Å². The van der Waals surface area contributed by atoms with Crippen molar-refractivity contribution in [3.63, 3.8) is 0 Å². The standard InChI is InChI=1S/C10H20O.C4H8O3/c1-7(2)9-5-4-8(3)6-10(9)11;1-3(5)4(6)7-2/h7-11H,4-6H2,1-3H3;3,5H,1-2H3/t8-,9+,10-;/m1./s1. The number of hydrogen-bond donors (Lipinski definition) is 2. The highest BCUT2D eigenvalue weighted by molar-refractivity contribution is 5.73. The van der Waals surface area contributed by atoms with Gasteiger partial charge in [0, 0.05) is 0 Å². The summed E-state index contributed by atoms with van der Waals surface area (Å²) in [5.74, 6) is 1.35. The molecule has 0 saturated heterocycles. The van der Waals surface area contributed by atoms with Gasteiger partial charge < -0.3 is 14.9 Å². The molecule has 0 aliphatic heterocycles. The molecule has 4 heteroatoms. The summed E-state index contributed by atoms with van der Waals surface area (Å²) in [6.45, 7) is 8.01. The van der Waals surface area contributed by atoms with Crippen molar-refractivity contribution in [2.45, 2.75) is 59.2 Å². The quantitative estimate of drug-likeness (QED) is 0.745. The summed E-state index contributed by atoms with van der Waals surface area (Å²) in [7, 11) is 1.23. The molecular formula is C14H28O4. The molecule has 4 atom stereocenters. The smallest absolute Gasteiger partial charge is 0.334 e. The number of rotatable bonds is 2. The second kappa shape index (κ2) is 8.48. The number of carbonyl (C=O) groups is 1. The lowest BCUT2D eigenvalue weighted by atomic mass is 9.75. The predicted octanol–water partition coefficient (Wildman–Crippen LogP) is 1.98. The normalized spacial score (nSPS) is 29.2. The van der Waals surface area contributed by atoms with Crippen LogP contribution in [0.2, 0.25) is 0 Å². The summed E-state index contributed by atoms with van der Waals surface area (Å²) in [5, 5.41) is 18.1. The van der Waals surface area contributed by atoms with Crippen molar-refractivity contribution in [3.05, 3.63) is 0 Å². The Morgan fingerprint density at radius 1 is 1.28 bits per heavy atom. The van der Waals surface area contributed by atoms with E-state index in [1.165, 1.54) is 26.9 Å². The SMILES string of the molecule is CC(C)[C@@H]1CC[C@@H](C)C[C@H]1O.COC(=O)C(C)O.